The molecule has 1 aliphatic carbocycles. The van der Waals surface area contributed by atoms with E-state index < -0.39 is 5.92 Å². The summed E-state index contributed by atoms with van der Waals surface area (Å²) in [6.07, 6.45) is 2.95. The Hall–Kier alpha value is -3.61. The molecule has 164 valence electrons. The number of hydrogen-bond acceptors (Lipinski definition) is 6. The average molecular weight is 431 g/mol. The Bertz CT molecular complexity index is 1180. The van der Waals surface area contributed by atoms with Crippen molar-refractivity contribution in [3.8, 4) is 11.5 Å². The van der Waals surface area contributed by atoms with Crippen LogP contribution in [0.15, 0.2) is 59.1 Å². The molecule has 2 aliphatic heterocycles. The summed E-state index contributed by atoms with van der Waals surface area (Å²) in [5.41, 5.74) is 4.64. The predicted octanol–water partition coefficient (Wildman–Crippen LogP) is 3.97. The van der Waals surface area contributed by atoms with Gasteiger partial charge in [-0.1, -0.05) is 19.1 Å². The number of carbonyl (C=O) groups is 2. The fraction of sp³-hybridized carbons (Fsp3) is 0.320. The average Bonchev–Trinajstić information content (AvgIpc) is 3.22. The Labute approximate surface area is 186 Å². The van der Waals surface area contributed by atoms with E-state index in [2.05, 4.69) is 22.5 Å². The fourth-order valence-electron chi connectivity index (χ4n) is 4.69. The lowest BCUT2D eigenvalue weighted by atomic mass is 9.73. The first kappa shape index (κ1) is 20.3. The number of nitrogens with one attached hydrogen (secondary N) is 2. The van der Waals surface area contributed by atoms with Gasteiger partial charge in [0.2, 0.25) is 6.79 Å². The maximum atomic E-state index is 13.5. The van der Waals surface area contributed by atoms with E-state index in [0.29, 0.717) is 34.9 Å². The summed E-state index contributed by atoms with van der Waals surface area (Å²) in [7, 11) is 0. The van der Waals surface area contributed by atoms with Gasteiger partial charge in [-0.2, -0.15) is 0 Å². The summed E-state index contributed by atoms with van der Waals surface area (Å²) in [5.74, 6) is 1.30. The van der Waals surface area contributed by atoms with Crippen LogP contribution in [0.2, 0.25) is 0 Å². The van der Waals surface area contributed by atoms with Gasteiger partial charge >= 0.3 is 0 Å². The quantitative estimate of drug-likeness (QED) is 0.764. The first-order valence-electron chi connectivity index (χ1n) is 10.8. The topological polar surface area (TPSA) is 89.6 Å². The van der Waals surface area contributed by atoms with Gasteiger partial charge in [0.25, 0.3) is 5.91 Å². The van der Waals surface area contributed by atoms with Crippen molar-refractivity contribution >= 4 is 17.5 Å². The Morgan fingerprint density at radius 2 is 1.94 bits per heavy atom. The second-order valence-corrected chi connectivity index (χ2v) is 8.71. The minimum atomic E-state index is -0.494. The summed E-state index contributed by atoms with van der Waals surface area (Å²) in [6.45, 7) is 6.06. The van der Waals surface area contributed by atoms with Gasteiger partial charge in [-0.15, -0.1) is 0 Å². The Balaban J connectivity index is 1.59. The number of ether oxygens (including phenoxy) is 2. The van der Waals surface area contributed by atoms with Crippen LogP contribution in [0.5, 0.6) is 11.5 Å². The third-order valence-electron chi connectivity index (χ3n) is 6.16. The van der Waals surface area contributed by atoms with Gasteiger partial charge in [-0.25, -0.2) is 4.98 Å². The van der Waals surface area contributed by atoms with Crippen molar-refractivity contribution in [3.63, 3.8) is 0 Å². The molecule has 2 aromatic rings. The van der Waals surface area contributed by atoms with Crippen molar-refractivity contribution in [2.45, 2.75) is 39.5 Å². The molecule has 3 heterocycles. The summed E-state index contributed by atoms with van der Waals surface area (Å²) in [4.78, 5) is 31.0. The number of hydrogen-bond donors (Lipinski definition) is 2. The summed E-state index contributed by atoms with van der Waals surface area (Å²) in [5, 5.41) is 6.26. The van der Waals surface area contributed by atoms with Crippen LogP contribution in [0, 0.1) is 12.8 Å². The number of amides is 1. The van der Waals surface area contributed by atoms with Crippen molar-refractivity contribution in [2.24, 2.45) is 5.92 Å². The van der Waals surface area contributed by atoms with Gasteiger partial charge in [0, 0.05) is 41.1 Å². The number of allylic oxidation sites excluding steroid dienone is 3. The van der Waals surface area contributed by atoms with Gasteiger partial charge in [0.15, 0.2) is 17.3 Å². The minimum absolute atomic E-state index is 0.0696. The SMILES string of the molecule is CC1=C(C(=O)Nc2ccc(C)cn2)[C@H](c2ccc3c(c2)OCO3)C2=C(C[C@H](C)CC2=O)N1. The van der Waals surface area contributed by atoms with Gasteiger partial charge in [-0.3, -0.25) is 9.59 Å². The fourth-order valence-corrected chi connectivity index (χ4v) is 4.69. The van der Waals surface area contributed by atoms with Crippen LogP contribution in [-0.2, 0) is 9.59 Å². The normalized spacial score (nSPS) is 21.9. The molecule has 1 aromatic heterocycles. The maximum absolute atomic E-state index is 13.5. The zero-order chi connectivity index (χ0) is 22.4. The number of dihydropyridines is 1. The van der Waals surface area contributed by atoms with E-state index >= 15 is 0 Å². The molecular formula is C25H25N3O4. The highest BCUT2D eigenvalue weighted by molar-refractivity contribution is 6.09. The van der Waals surface area contributed by atoms with Gasteiger partial charge in [0.1, 0.15) is 5.82 Å². The summed E-state index contributed by atoms with van der Waals surface area (Å²) < 4.78 is 11.0. The van der Waals surface area contributed by atoms with E-state index in [-0.39, 0.29) is 24.4 Å². The van der Waals surface area contributed by atoms with E-state index in [0.717, 1.165) is 28.9 Å². The Morgan fingerprint density at radius 1 is 1.12 bits per heavy atom. The Morgan fingerprint density at radius 3 is 2.72 bits per heavy atom. The van der Waals surface area contributed by atoms with Crippen LogP contribution >= 0.6 is 0 Å². The van der Waals surface area contributed by atoms with Crippen LogP contribution in [0.4, 0.5) is 5.82 Å². The number of fused-ring (bicyclic) bond motifs is 1. The Kier molecular flexibility index (Phi) is 4.96. The molecule has 1 aromatic carbocycles. The number of aromatic nitrogens is 1. The highest BCUT2D eigenvalue weighted by atomic mass is 16.7. The number of ketones is 1. The first-order chi connectivity index (χ1) is 15.4. The van der Waals surface area contributed by atoms with E-state index in [1.807, 2.05) is 38.1 Å². The number of benzene rings is 1. The molecule has 0 saturated carbocycles. The molecule has 32 heavy (non-hydrogen) atoms. The van der Waals surface area contributed by atoms with Crippen molar-refractivity contribution in [1.82, 2.24) is 10.3 Å². The molecule has 3 aliphatic rings. The maximum Gasteiger partial charge on any atom is 0.255 e. The van der Waals surface area contributed by atoms with Crippen LogP contribution < -0.4 is 20.1 Å². The number of pyridine rings is 1. The van der Waals surface area contributed by atoms with Crippen molar-refractivity contribution in [2.75, 3.05) is 12.1 Å². The number of nitrogens with zero attached hydrogens (tertiary/aromatic N) is 1. The number of rotatable bonds is 3. The molecule has 7 nitrogen and oxygen atoms in total. The third-order valence-corrected chi connectivity index (χ3v) is 6.16. The molecule has 0 bridgehead atoms. The molecule has 0 unspecified atom stereocenters. The highest BCUT2D eigenvalue weighted by Gasteiger charge is 2.40. The van der Waals surface area contributed by atoms with Gasteiger partial charge in [0.05, 0.1) is 0 Å². The monoisotopic (exact) mass is 431 g/mol. The van der Waals surface area contributed by atoms with E-state index in [1.165, 1.54) is 0 Å². The van der Waals surface area contributed by atoms with Gasteiger partial charge < -0.3 is 20.1 Å². The molecule has 0 saturated heterocycles. The first-order valence-corrected chi connectivity index (χ1v) is 10.8. The summed E-state index contributed by atoms with van der Waals surface area (Å²) in [6, 6.07) is 9.28. The van der Waals surface area contributed by atoms with Crippen LogP contribution in [-0.4, -0.2) is 23.5 Å². The second-order valence-electron chi connectivity index (χ2n) is 8.71. The standard InChI is InChI=1S/C25H25N3O4/c1-13-4-7-21(26-11-13)28-25(30)22-15(3)27-17-8-14(2)9-18(29)24(17)23(22)16-5-6-19-20(10-16)32-12-31-19/h4-7,10-11,14,23,27H,8-9,12H2,1-3H3,(H,26,28,30)/t14-,23-/m0/s1. The number of carbonyl (C=O) groups excluding carboxylic acids is 2. The molecule has 0 fully saturated rings. The molecule has 5 rings (SSSR count). The van der Waals surface area contributed by atoms with Gasteiger partial charge in [-0.05, 0) is 55.5 Å². The predicted molar refractivity (Wildman–Crippen MR) is 119 cm³/mol. The van der Waals surface area contributed by atoms with E-state index in [4.69, 9.17) is 9.47 Å². The molecule has 0 spiro atoms. The lowest BCUT2D eigenvalue weighted by Gasteiger charge is -2.36. The van der Waals surface area contributed by atoms with E-state index in [9.17, 15) is 9.59 Å². The second kappa shape index (κ2) is 7.82. The molecule has 2 atom stereocenters. The summed E-state index contributed by atoms with van der Waals surface area (Å²) >= 11 is 0. The smallest absolute Gasteiger partial charge is 0.255 e. The van der Waals surface area contributed by atoms with Crippen LogP contribution in [0.3, 0.4) is 0 Å². The molecular weight excluding hydrogens is 406 g/mol. The molecule has 2 N–H and O–H groups in total. The molecule has 1 amide bonds. The minimum Gasteiger partial charge on any atom is -0.454 e. The zero-order valence-corrected chi connectivity index (χ0v) is 18.3. The van der Waals surface area contributed by atoms with Crippen LogP contribution in [0.1, 0.15) is 43.7 Å². The third kappa shape index (κ3) is 3.53. The largest absolute Gasteiger partial charge is 0.454 e. The van der Waals surface area contributed by atoms with Crippen LogP contribution in [0.25, 0.3) is 0 Å². The molecule has 0 radical (unpaired) electrons. The van der Waals surface area contributed by atoms with E-state index in [1.54, 1.807) is 12.3 Å². The molecule has 7 heteroatoms. The number of Topliss-reactive ketones (excluding diaryl/α,β-unsaturated/α-hetero) is 1. The van der Waals surface area contributed by atoms with Crippen molar-refractivity contribution < 1.29 is 19.1 Å². The lowest BCUT2D eigenvalue weighted by molar-refractivity contribution is -0.117. The van der Waals surface area contributed by atoms with Crippen molar-refractivity contribution in [1.29, 1.82) is 0 Å². The lowest BCUT2D eigenvalue weighted by Crippen LogP contribution is -2.37. The zero-order valence-electron chi connectivity index (χ0n) is 18.3. The highest BCUT2D eigenvalue weighted by Crippen LogP contribution is 2.45. The number of aryl methyl sites for hydroxylation is 1. The number of anilines is 1. The van der Waals surface area contributed by atoms with Crippen molar-refractivity contribution in [3.05, 3.63) is 70.2 Å².